The molecule has 10 heteroatoms. The Bertz CT molecular complexity index is 96.8. The van der Waals surface area contributed by atoms with Crippen molar-refractivity contribution in [3.63, 3.8) is 0 Å². The normalized spacial score (nSPS) is 5.80. The summed E-state index contributed by atoms with van der Waals surface area (Å²) >= 11 is 0. The number of hydrogen-bond donors (Lipinski definition) is 2. The van der Waals surface area contributed by atoms with Gasteiger partial charge in [-0.1, -0.05) is 0 Å². The van der Waals surface area contributed by atoms with E-state index in [0.29, 0.717) is 0 Å². The molecule has 10 heavy (non-hydrogen) atoms. The Labute approximate surface area is 111 Å². The van der Waals surface area contributed by atoms with Gasteiger partial charge in [0, 0.05) is 17.4 Å². The minimum absolute atomic E-state index is 0. The molecule has 0 saturated heterocycles. The molecule has 0 saturated carbocycles. The number of rotatable bonds is 0. The Kier molecular flexibility index (Phi) is 69.5. The summed E-state index contributed by atoms with van der Waals surface area (Å²) in [5, 5.41) is 0. The van der Waals surface area contributed by atoms with Crippen molar-refractivity contribution >= 4 is 61.8 Å². The molecule has 0 aromatic rings. The van der Waals surface area contributed by atoms with E-state index in [0.717, 1.165) is 0 Å². The molecule has 0 aliphatic carbocycles. The van der Waals surface area contributed by atoms with E-state index < -0.39 is 10.4 Å². The molecule has 0 unspecified atom stereocenters. The molecule has 0 amide bonds. The van der Waals surface area contributed by atoms with Crippen molar-refractivity contribution in [3.05, 3.63) is 0 Å². The third-order valence-corrected chi connectivity index (χ3v) is 0. The van der Waals surface area contributed by atoms with Gasteiger partial charge in [-0.25, -0.2) is 0 Å². The summed E-state index contributed by atoms with van der Waals surface area (Å²) in [5.41, 5.74) is 0. The summed E-state index contributed by atoms with van der Waals surface area (Å²) in [4.78, 5) is 0. The van der Waals surface area contributed by atoms with Gasteiger partial charge in [-0.15, -0.1) is 0 Å². The molecule has 0 aliphatic heterocycles. The van der Waals surface area contributed by atoms with Crippen molar-refractivity contribution in [1.29, 1.82) is 0 Å². The van der Waals surface area contributed by atoms with E-state index in [2.05, 4.69) is 0 Å². The van der Waals surface area contributed by atoms with Gasteiger partial charge in [-0.2, -0.15) is 8.42 Å². The van der Waals surface area contributed by atoms with E-state index in [4.69, 9.17) is 17.5 Å². The van der Waals surface area contributed by atoms with Gasteiger partial charge in [0.2, 0.25) is 0 Å². The maximum absolute atomic E-state index is 8.74. The molecule has 8 N–H and O–H groups in total. The van der Waals surface area contributed by atoms with Crippen molar-refractivity contribution in [1.82, 2.24) is 0 Å². The van der Waals surface area contributed by atoms with E-state index in [1.165, 1.54) is 0 Å². The van der Waals surface area contributed by atoms with Crippen molar-refractivity contribution in [3.8, 4) is 0 Å². The Morgan fingerprint density at radius 1 is 0.900 bits per heavy atom. The second-order valence-electron chi connectivity index (χ2n) is 0.448. The van der Waals surface area contributed by atoms with Crippen LogP contribution in [0.1, 0.15) is 0 Å². The van der Waals surface area contributed by atoms with Crippen molar-refractivity contribution in [2.45, 2.75) is 0 Å². The van der Waals surface area contributed by atoms with Crippen LogP contribution < -0.4 is 0 Å². The van der Waals surface area contributed by atoms with E-state index in [1.54, 1.807) is 0 Å². The van der Waals surface area contributed by atoms with Crippen LogP contribution in [-0.2, 0) is 27.8 Å². The molecular formula is H9CrKO7S. The van der Waals surface area contributed by atoms with Gasteiger partial charge in [-0.05, 0) is 0 Å². The zero-order valence-electron chi connectivity index (χ0n) is 4.03. The third-order valence-electron chi connectivity index (χ3n) is 0. The van der Waals surface area contributed by atoms with Gasteiger partial charge >= 0.3 is 61.8 Å². The minimum atomic E-state index is -4.67. The molecule has 0 heterocycles. The first-order valence-corrected chi connectivity index (χ1v) is 2.10. The van der Waals surface area contributed by atoms with Gasteiger partial charge in [0.15, 0.2) is 0 Å². The van der Waals surface area contributed by atoms with Crippen LogP contribution in [0, 0.1) is 0 Å². The Balaban J connectivity index is -0.00000000800. The molecule has 0 aromatic carbocycles. The summed E-state index contributed by atoms with van der Waals surface area (Å²) < 4.78 is 31.6. The fourth-order valence-corrected chi connectivity index (χ4v) is 0. The van der Waals surface area contributed by atoms with Crippen LogP contribution >= 0.6 is 0 Å². The van der Waals surface area contributed by atoms with Gasteiger partial charge < -0.3 is 16.4 Å². The van der Waals surface area contributed by atoms with Crippen LogP contribution in [0.4, 0.5) is 0 Å². The van der Waals surface area contributed by atoms with Crippen molar-refractivity contribution in [2.75, 3.05) is 0 Å². The predicted molar refractivity (Wildman–Crippen MR) is 32.2 cm³/mol. The second-order valence-corrected chi connectivity index (χ2v) is 1.34. The Morgan fingerprint density at radius 2 is 0.900 bits per heavy atom. The van der Waals surface area contributed by atoms with E-state index in [1.807, 2.05) is 0 Å². The van der Waals surface area contributed by atoms with E-state index in [-0.39, 0.29) is 85.2 Å². The summed E-state index contributed by atoms with van der Waals surface area (Å²) in [6, 6.07) is 0. The molecule has 0 radical (unpaired) electrons. The predicted octanol–water partition coefficient (Wildman–Crippen LogP) is -3.78. The van der Waals surface area contributed by atoms with E-state index >= 15 is 0 Å². The molecule has 64 valence electrons. The summed E-state index contributed by atoms with van der Waals surface area (Å²) in [7, 11) is -4.67. The fraction of sp³-hybridized carbons (Fsp3) is 0. The average molecular weight is 244 g/mol. The van der Waals surface area contributed by atoms with Crippen LogP contribution in [0.5, 0.6) is 0 Å². The van der Waals surface area contributed by atoms with Crippen molar-refractivity contribution in [2.24, 2.45) is 0 Å². The van der Waals surface area contributed by atoms with Crippen LogP contribution in [0.2, 0.25) is 0 Å². The maximum atomic E-state index is 8.74. The first kappa shape index (κ1) is 40.6. The van der Waals surface area contributed by atoms with Gasteiger partial charge in [0.25, 0.3) is 0 Å². The first-order valence-electron chi connectivity index (χ1n) is 0.698. The molecule has 0 spiro atoms. The zero-order valence-corrected chi connectivity index (χ0v) is 6.12. The van der Waals surface area contributed by atoms with Gasteiger partial charge in [0.05, 0.1) is 0 Å². The van der Waals surface area contributed by atoms with Gasteiger partial charge in [0.1, 0.15) is 0 Å². The monoisotopic (exact) mass is 244 g/mol. The standard InChI is InChI=1S/Cr.K.H2O4S.3H2O.H/c;;1-5(2,3)4;;;;/h;;(H2,1,2,3,4);3*1H2;. The van der Waals surface area contributed by atoms with Crippen LogP contribution in [-0.4, -0.2) is 85.3 Å². The SMILES string of the molecule is O.O.O.O=S(=O)(O)O.[Cr].[KH]. The average Bonchev–Trinajstić information content (AvgIpc) is 0.722. The molecule has 0 rings (SSSR count). The van der Waals surface area contributed by atoms with E-state index in [9.17, 15) is 0 Å². The quantitative estimate of drug-likeness (QED) is 0.329. The van der Waals surface area contributed by atoms with Gasteiger partial charge in [-0.3, -0.25) is 9.11 Å². The van der Waals surface area contributed by atoms with Crippen LogP contribution in [0.25, 0.3) is 0 Å². The third kappa shape index (κ3) is 214. The molecule has 0 bridgehead atoms. The Hall–Kier alpha value is 1.92. The zero-order chi connectivity index (χ0) is 4.50. The molecule has 0 aliphatic rings. The van der Waals surface area contributed by atoms with Crippen molar-refractivity contribution < 1.29 is 51.3 Å². The first-order chi connectivity index (χ1) is 2.00. The molecular weight excluding hydrogens is 235 g/mol. The summed E-state index contributed by atoms with van der Waals surface area (Å²) in [6.45, 7) is 0. The number of hydrogen-bond acceptors (Lipinski definition) is 2. The summed E-state index contributed by atoms with van der Waals surface area (Å²) in [6.07, 6.45) is 0. The second kappa shape index (κ2) is 17.1. The van der Waals surface area contributed by atoms with Crippen LogP contribution in [0.3, 0.4) is 0 Å². The molecule has 0 aromatic heterocycles. The summed E-state index contributed by atoms with van der Waals surface area (Å²) in [5.74, 6) is 0. The Morgan fingerprint density at radius 3 is 0.900 bits per heavy atom. The topological polar surface area (TPSA) is 169 Å². The van der Waals surface area contributed by atoms with Crippen LogP contribution in [0.15, 0.2) is 0 Å². The fourth-order valence-electron chi connectivity index (χ4n) is 0. The molecule has 7 nitrogen and oxygen atoms in total. The molecule has 0 fully saturated rings. The molecule has 0 atom stereocenters.